The van der Waals surface area contributed by atoms with E-state index < -0.39 is 17.6 Å². The molecule has 0 amide bonds. The largest absolute Gasteiger partial charge is 0.480 e. The highest BCUT2D eigenvalue weighted by molar-refractivity contribution is 6.07. The second-order valence-corrected chi connectivity index (χ2v) is 5.81. The molecular weight excluding hydrogens is 294 g/mol. The van der Waals surface area contributed by atoms with Crippen LogP contribution in [0.1, 0.15) is 44.6 Å². The van der Waals surface area contributed by atoms with Crippen LogP contribution in [0.3, 0.4) is 0 Å². The second-order valence-electron chi connectivity index (χ2n) is 5.81. The smallest absolute Gasteiger partial charge is 0.331 e. The molecule has 0 aliphatic carbocycles. The summed E-state index contributed by atoms with van der Waals surface area (Å²) in [5.74, 6) is -1.48. The topological polar surface area (TPSA) is 86.6 Å². The number of aliphatic hydroxyl groups is 1. The number of carbonyl (C=O) groups is 2. The van der Waals surface area contributed by atoms with Gasteiger partial charge in [0.2, 0.25) is 0 Å². The first-order chi connectivity index (χ1) is 11.0. The predicted octanol–water partition coefficient (Wildman–Crippen LogP) is 2.17. The number of rotatable bonds is 11. The summed E-state index contributed by atoms with van der Waals surface area (Å²) < 4.78 is 0. The number of aryl methyl sites for hydroxylation is 1. The van der Waals surface area contributed by atoms with Crippen molar-refractivity contribution in [3.63, 3.8) is 0 Å². The van der Waals surface area contributed by atoms with E-state index in [1.54, 1.807) is 6.92 Å². The quantitative estimate of drug-likeness (QED) is 0.544. The van der Waals surface area contributed by atoms with Crippen molar-refractivity contribution in [1.29, 1.82) is 0 Å². The Morgan fingerprint density at radius 3 is 2.39 bits per heavy atom. The molecule has 2 atom stereocenters. The monoisotopic (exact) mass is 321 g/mol. The van der Waals surface area contributed by atoms with Crippen LogP contribution in [-0.2, 0) is 16.0 Å². The Morgan fingerprint density at radius 2 is 1.87 bits per heavy atom. The van der Waals surface area contributed by atoms with Gasteiger partial charge in [-0.25, -0.2) is 4.79 Å². The number of Topliss-reactive ketones (excluding diaryl/α,β-unsaturated/α-hetero) is 1. The Balaban J connectivity index is 2.46. The minimum absolute atomic E-state index is 0.170. The van der Waals surface area contributed by atoms with Crippen LogP contribution in [0.2, 0.25) is 0 Å². The molecule has 128 valence electrons. The van der Waals surface area contributed by atoms with Gasteiger partial charge in [-0.05, 0) is 44.7 Å². The maximum Gasteiger partial charge on any atom is 0.331 e. The standard InChI is InChI=1S/C18H27NO4/c1-3-16(21)18(19-2,17(22)23)13-7-10-15(20)12-11-14-8-5-4-6-9-14/h4-6,8-9,15,19-20H,3,7,10-13H2,1-2H3,(H,22,23). The van der Waals surface area contributed by atoms with Gasteiger partial charge in [0, 0.05) is 6.42 Å². The fourth-order valence-corrected chi connectivity index (χ4v) is 2.76. The van der Waals surface area contributed by atoms with Crippen LogP contribution < -0.4 is 5.32 Å². The first-order valence-corrected chi connectivity index (χ1v) is 8.14. The van der Waals surface area contributed by atoms with E-state index in [9.17, 15) is 19.8 Å². The molecule has 0 spiro atoms. The van der Waals surface area contributed by atoms with E-state index >= 15 is 0 Å². The molecule has 1 rings (SSSR count). The Bertz CT molecular complexity index is 503. The van der Waals surface area contributed by atoms with Crippen LogP contribution in [-0.4, -0.2) is 40.7 Å². The summed E-state index contributed by atoms with van der Waals surface area (Å²) in [4.78, 5) is 23.5. The third kappa shape index (κ3) is 5.44. The molecule has 3 N–H and O–H groups in total. The van der Waals surface area contributed by atoms with Gasteiger partial charge in [-0.3, -0.25) is 10.1 Å². The number of hydrogen-bond acceptors (Lipinski definition) is 4. The zero-order valence-electron chi connectivity index (χ0n) is 13.9. The van der Waals surface area contributed by atoms with Gasteiger partial charge >= 0.3 is 5.97 Å². The average Bonchev–Trinajstić information content (AvgIpc) is 2.57. The van der Waals surface area contributed by atoms with Crippen molar-refractivity contribution >= 4 is 11.8 Å². The molecule has 0 saturated heterocycles. The molecule has 0 aliphatic heterocycles. The molecule has 5 nitrogen and oxygen atoms in total. The highest BCUT2D eigenvalue weighted by Gasteiger charge is 2.42. The predicted molar refractivity (Wildman–Crippen MR) is 89.3 cm³/mol. The number of ketones is 1. The van der Waals surface area contributed by atoms with Gasteiger partial charge in [0.25, 0.3) is 0 Å². The summed E-state index contributed by atoms with van der Waals surface area (Å²) in [5, 5.41) is 22.1. The van der Waals surface area contributed by atoms with Gasteiger partial charge < -0.3 is 10.2 Å². The summed E-state index contributed by atoms with van der Waals surface area (Å²) >= 11 is 0. The van der Waals surface area contributed by atoms with E-state index in [0.29, 0.717) is 19.3 Å². The lowest BCUT2D eigenvalue weighted by molar-refractivity contribution is -0.150. The van der Waals surface area contributed by atoms with Gasteiger partial charge in [-0.15, -0.1) is 0 Å². The molecule has 5 heteroatoms. The van der Waals surface area contributed by atoms with E-state index in [-0.39, 0.29) is 18.6 Å². The fraction of sp³-hybridized carbons (Fsp3) is 0.556. The molecule has 0 aliphatic rings. The third-order valence-corrected chi connectivity index (χ3v) is 4.29. The molecule has 1 aromatic rings. The number of benzene rings is 1. The normalized spacial score (nSPS) is 14.9. The summed E-state index contributed by atoms with van der Waals surface area (Å²) in [6, 6.07) is 9.92. The Morgan fingerprint density at radius 1 is 1.22 bits per heavy atom. The zero-order chi connectivity index (χ0) is 17.3. The Labute approximate surface area is 137 Å². The van der Waals surface area contributed by atoms with Crippen LogP contribution in [0.15, 0.2) is 30.3 Å². The van der Waals surface area contributed by atoms with Crippen molar-refractivity contribution in [2.24, 2.45) is 0 Å². The van der Waals surface area contributed by atoms with Crippen LogP contribution in [0, 0.1) is 0 Å². The molecule has 23 heavy (non-hydrogen) atoms. The highest BCUT2D eigenvalue weighted by Crippen LogP contribution is 2.20. The maximum atomic E-state index is 12.0. The minimum Gasteiger partial charge on any atom is -0.480 e. The molecule has 0 bridgehead atoms. The highest BCUT2D eigenvalue weighted by atomic mass is 16.4. The van der Waals surface area contributed by atoms with Crippen molar-refractivity contribution in [3.05, 3.63) is 35.9 Å². The summed E-state index contributed by atoms with van der Waals surface area (Å²) in [6.45, 7) is 1.66. The van der Waals surface area contributed by atoms with E-state index in [4.69, 9.17) is 0 Å². The lowest BCUT2D eigenvalue weighted by Gasteiger charge is -2.27. The maximum absolute atomic E-state index is 12.0. The lowest BCUT2D eigenvalue weighted by Crippen LogP contribution is -2.56. The van der Waals surface area contributed by atoms with E-state index in [2.05, 4.69) is 5.32 Å². The van der Waals surface area contributed by atoms with E-state index in [0.717, 1.165) is 6.42 Å². The number of nitrogens with one attached hydrogen (secondary N) is 1. The summed E-state index contributed by atoms with van der Waals surface area (Å²) in [5.41, 5.74) is -0.365. The first-order valence-electron chi connectivity index (χ1n) is 8.14. The first kappa shape index (κ1) is 19.3. The van der Waals surface area contributed by atoms with Crippen molar-refractivity contribution < 1.29 is 19.8 Å². The lowest BCUT2D eigenvalue weighted by atomic mass is 9.86. The molecule has 1 aromatic carbocycles. The Hall–Kier alpha value is -1.72. The summed E-state index contributed by atoms with van der Waals surface area (Å²) in [7, 11) is 1.49. The number of aliphatic hydroxyl groups excluding tert-OH is 1. The SMILES string of the molecule is CCC(=O)C(CCCC(O)CCc1ccccc1)(NC)C(=O)O. The van der Waals surface area contributed by atoms with Gasteiger partial charge in [0.1, 0.15) is 0 Å². The molecule has 0 saturated carbocycles. The van der Waals surface area contributed by atoms with Gasteiger partial charge in [-0.1, -0.05) is 37.3 Å². The molecule has 0 fully saturated rings. The van der Waals surface area contributed by atoms with Crippen molar-refractivity contribution in [2.45, 2.75) is 57.1 Å². The van der Waals surface area contributed by atoms with Gasteiger partial charge in [0.05, 0.1) is 6.10 Å². The van der Waals surface area contributed by atoms with Gasteiger partial charge in [-0.2, -0.15) is 0 Å². The molecular formula is C18H27NO4. The van der Waals surface area contributed by atoms with E-state index in [1.165, 1.54) is 12.6 Å². The number of carbonyl (C=O) groups excluding carboxylic acids is 1. The van der Waals surface area contributed by atoms with E-state index in [1.807, 2.05) is 30.3 Å². The third-order valence-electron chi connectivity index (χ3n) is 4.29. The van der Waals surface area contributed by atoms with Crippen molar-refractivity contribution in [3.8, 4) is 0 Å². The van der Waals surface area contributed by atoms with Crippen LogP contribution in [0.25, 0.3) is 0 Å². The van der Waals surface area contributed by atoms with Crippen molar-refractivity contribution in [2.75, 3.05) is 7.05 Å². The number of aliphatic carboxylic acids is 1. The van der Waals surface area contributed by atoms with Gasteiger partial charge in [0.15, 0.2) is 11.3 Å². The van der Waals surface area contributed by atoms with Crippen LogP contribution >= 0.6 is 0 Å². The fourth-order valence-electron chi connectivity index (χ4n) is 2.76. The Kier molecular flexibility index (Phi) is 7.92. The zero-order valence-corrected chi connectivity index (χ0v) is 13.9. The number of likely N-dealkylation sites (N-methyl/N-ethyl adjacent to an activating group) is 1. The number of hydrogen-bond donors (Lipinski definition) is 3. The second kappa shape index (κ2) is 9.43. The average molecular weight is 321 g/mol. The molecule has 0 heterocycles. The molecule has 0 aromatic heterocycles. The number of carboxylic acids is 1. The van der Waals surface area contributed by atoms with Crippen LogP contribution in [0.5, 0.6) is 0 Å². The summed E-state index contributed by atoms with van der Waals surface area (Å²) in [6.07, 6.45) is 2.25. The van der Waals surface area contributed by atoms with Crippen molar-refractivity contribution in [1.82, 2.24) is 5.32 Å². The molecule has 2 unspecified atom stereocenters. The number of carboxylic acid groups (broad SMARTS) is 1. The molecule has 0 radical (unpaired) electrons. The van der Waals surface area contributed by atoms with Crippen LogP contribution in [0.4, 0.5) is 0 Å². The minimum atomic E-state index is -1.53.